The zero-order valence-electron chi connectivity index (χ0n) is 13.5. The summed E-state index contributed by atoms with van der Waals surface area (Å²) in [6.45, 7) is 0.234. The third-order valence-electron chi connectivity index (χ3n) is 4.14. The minimum atomic E-state index is -4.45. The SMILES string of the molecule is Cn1cnnc1C1CCCN1C(=O)COc1cccc(C(F)(F)F)c1. The topological polar surface area (TPSA) is 60.2 Å². The van der Waals surface area contributed by atoms with Gasteiger partial charge < -0.3 is 14.2 Å². The standard InChI is InChI=1S/C16H17F3N4O2/c1-22-10-20-21-15(22)13-6-3-7-23(13)14(24)9-25-12-5-2-4-11(8-12)16(17,18)19/h2,4-5,8,10,13H,3,6-7,9H2,1H3. The zero-order chi connectivity index (χ0) is 18.0. The Morgan fingerprint density at radius 2 is 2.20 bits per heavy atom. The molecule has 3 rings (SSSR count). The first-order chi connectivity index (χ1) is 11.9. The van der Waals surface area contributed by atoms with Crippen LogP contribution in [0.5, 0.6) is 5.75 Å². The third kappa shape index (κ3) is 3.75. The van der Waals surface area contributed by atoms with E-state index in [4.69, 9.17) is 4.74 Å². The monoisotopic (exact) mass is 354 g/mol. The average molecular weight is 354 g/mol. The van der Waals surface area contributed by atoms with Gasteiger partial charge in [-0.15, -0.1) is 10.2 Å². The van der Waals surface area contributed by atoms with Crippen molar-refractivity contribution in [3.8, 4) is 5.75 Å². The van der Waals surface area contributed by atoms with Gasteiger partial charge in [0.2, 0.25) is 0 Å². The average Bonchev–Trinajstić information content (AvgIpc) is 3.20. The maximum Gasteiger partial charge on any atom is 0.416 e. The molecule has 1 atom stereocenters. The largest absolute Gasteiger partial charge is 0.484 e. The number of benzene rings is 1. The molecule has 1 unspecified atom stereocenters. The van der Waals surface area contributed by atoms with Gasteiger partial charge in [-0.05, 0) is 31.0 Å². The van der Waals surface area contributed by atoms with E-state index < -0.39 is 11.7 Å². The second-order valence-electron chi connectivity index (χ2n) is 5.86. The first-order valence-corrected chi connectivity index (χ1v) is 7.79. The van der Waals surface area contributed by atoms with Crippen molar-refractivity contribution in [3.05, 3.63) is 42.0 Å². The summed E-state index contributed by atoms with van der Waals surface area (Å²) in [7, 11) is 1.80. The Morgan fingerprint density at radius 3 is 2.88 bits per heavy atom. The highest BCUT2D eigenvalue weighted by Gasteiger charge is 2.33. The first kappa shape index (κ1) is 17.2. The molecule has 0 bridgehead atoms. The van der Waals surface area contributed by atoms with Crippen molar-refractivity contribution in [1.29, 1.82) is 0 Å². The Balaban J connectivity index is 1.66. The summed E-state index contributed by atoms with van der Waals surface area (Å²) in [5.41, 5.74) is -0.810. The molecule has 0 N–H and O–H groups in total. The van der Waals surface area contributed by atoms with Crippen molar-refractivity contribution >= 4 is 5.91 Å². The van der Waals surface area contributed by atoms with Crippen LogP contribution in [0.3, 0.4) is 0 Å². The molecule has 1 saturated heterocycles. The Kier molecular flexibility index (Phi) is 4.65. The molecule has 9 heteroatoms. The van der Waals surface area contributed by atoms with Crippen molar-refractivity contribution in [2.45, 2.75) is 25.1 Å². The summed E-state index contributed by atoms with van der Waals surface area (Å²) in [5.74, 6) is 0.408. The van der Waals surface area contributed by atoms with Gasteiger partial charge >= 0.3 is 6.18 Å². The van der Waals surface area contributed by atoms with Crippen molar-refractivity contribution in [2.24, 2.45) is 7.05 Å². The molecule has 1 aliphatic heterocycles. The van der Waals surface area contributed by atoms with E-state index in [0.717, 1.165) is 25.0 Å². The number of hydrogen-bond acceptors (Lipinski definition) is 4. The van der Waals surface area contributed by atoms with Crippen molar-refractivity contribution in [3.63, 3.8) is 0 Å². The van der Waals surface area contributed by atoms with Crippen LogP contribution in [0.4, 0.5) is 13.2 Å². The summed E-state index contributed by atoms with van der Waals surface area (Å²) in [6.07, 6.45) is -1.29. The van der Waals surface area contributed by atoms with Gasteiger partial charge in [0.15, 0.2) is 12.4 Å². The fourth-order valence-electron chi connectivity index (χ4n) is 2.92. The first-order valence-electron chi connectivity index (χ1n) is 7.79. The van der Waals surface area contributed by atoms with E-state index in [-0.39, 0.29) is 24.3 Å². The Hall–Kier alpha value is -2.58. The molecule has 1 fully saturated rings. The minimum Gasteiger partial charge on any atom is -0.484 e. The molecule has 1 aliphatic rings. The van der Waals surface area contributed by atoms with E-state index in [2.05, 4.69) is 10.2 Å². The number of hydrogen-bond donors (Lipinski definition) is 0. The van der Waals surface area contributed by atoms with Gasteiger partial charge in [0.1, 0.15) is 12.1 Å². The van der Waals surface area contributed by atoms with Gasteiger partial charge in [-0.2, -0.15) is 13.2 Å². The summed E-state index contributed by atoms with van der Waals surface area (Å²) >= 11 is 0. The molecular weight excluding hydrogens is 337 g/mol. The van der Waals surface area contributed by atoms with Crippen molar-refractivity contribution < 1.29 is 22.7 Å². The van der Waals surface area contributed by atoms with Crippen LogP contribution in [0.2, 0.25) is 0 Å². The van der Waals surface area contributed by atoms with E-state index >= 15 is 0 Å². The lowest BCUT2D eigenvalue weighted by Gasteiger charge is -2.24. The quantitative estimate of drug-likeness (QED) is 0.847. The minimum absolute atomic E-state index is 0.0116. The van der Waals surface area contributed by atoms with Gasteiger partial charge in [-0.3, -0.25) is 4.79 Å². The number of amides is 1. The molecule has 0 saturated carbocycles. The highest BCUT2D eigenvalue weighted by Crippen LogP contribution is 2.32. The zero-order valence-corrected chi connectivity index (χ0v) is 13.5. The Labute approximate surface area is 142 Å². The molecule has 6 nitrogen and oxygen atoms in total. The van der Waals surface area contributed by atoms with Gasteiger partial charge in [-0.1, -0.05) is 6.07 Å². The highest BCUT2D eigenvalue weighted by atomic mass is 19.4. The maximum atomic E-state index is 12.7. The van der Waals surface area contributed by atoms with Crippen LogP contribution in [0.15, 0.2) is 30.6 Å². The molecule has 1 aromatic carbocycles. The van der Waals surface area contributed by atoms with E-state index in [1.165, 1.54) is 12.1 Å². The number of alkyl halides is 3. The number of carbonyl (C=O) groups is 1. The summed E-state index contributed by atoms with van der Waals surface area (Å²) in [4.78, 5) is 14.1. The molecule has 2 aromatic rings. The number of aromatic nitrogens is 3. The molecule has 0 aliphatic carbocycles. The normalized spacial score (nSPS) is 17.8. The third-order valence-corrected chi connectivity index (χ3v) is 4.14. The fraction of sp³-hybridized carbons (Fsp3) is 0.438. The Bertz CT molecular complexity index is 760. The number of aryl methyl sites for hydroxylation is 1. The lowest BCUT2D eigenvalue weighted by molar-refractivity contribution is -0.137. The van der Waals surface area contributed by atoms with E-state index in [0.29, 0.717) is 12.4 Å². The second-order valence-corrected chi connectivity index (χ2v) is 5.86. The molecule has 134 valence electrons. The number of likely N-dealkylation sites (tertiary alicyclic amines) is 1. The highest BCUT2D eigenvalue weighted by molar-refractivity contribution is 5.78. The van der Waals surface area contributed by atoms with Crippen LogP contribution in [0, 0.1) is 0 Å². The van der Waals surface area contributed by atoms with Crippen LogP contribution in [-0.4, -0.2) is 38.7 Å². The van der Waals surface area contributed by atoms with Crippen LogP contribution in [0.1, 0.15) is 30.3 Å². The Morgan fingerprint density at radius 1 is 1.40 bits per heavy atom. The van der Waals surface area contributed by atoms with Crippen LogP contribution >= 0.6 is 0 Å². The van der Waals surface area contributed by atoms with Gasteiger partial charge in [0.05, 0.1) is 11.6 Å². The lowest BCUT2D eigenvalue weighted by atomic mass is 10.2. The van der Waals surface area contributed by atoms with E-state index in [1.807, 2.05) is 0 Å². The summed E-state index contributed by atoms with van der Waals surface area (Å²) < 4.78 is 45.2. The smallest absolute Gasteiger partial charge is 0.416 e. The van der Waals surface area contributed by atoms with E-state index in [9.17, 15) is 18.0 Å². The second kappa shape index (κ2) is 6.73. The molecule has 25 heavy (non-hydrogen) atoms. The molecule has 1 amide bonds. The number of ether oxygens (including phenoxy) is 1. The lowest BCUT2D eigenvalue weighted by Crippen LogP contribution is -2.35. The van der Waals surface area contributed by atoms with E-state index in [1.54, 1.807) is 22.8 Å². The van der Waals surface area contributed by atoms with Crippen LogP contribution in [-0.2, 0) is 18.0 Å². The summed E-state index contributed by atoms with van der Waals surface area (Å²) in [5, 5.41) is 7.86. The van der Waals surface area contributed by atoms with Crippen LogP contribution < -0.4 is 4.74 Å². The number of nitrogens with zero attached hydrogens (tertiary/aromatic N) is 4. The van der Waals surface area contributed by atoms with Gasteiger partial charge in [0.25, 0.3) is 5.91 Å². The van der Waals surface area contributed by atoms with Gasteiger partial charge in [0, 0.05) is 13.6 Å². The molecule has 0 spiro atoms. The number of carbonyl (C=O) groups excluding carboxylic acids is 1. The molecule has 2 heterocycles. The predicted octanol–water partition coefficient (Wildman–Crippen LogP) is 2.58. The predicted molar refractivity (Wildman–Crippen MR) is 81.6 cm³/mol. The maximum absolute atomic E-state index is 12.7. The molecule has 1 aromatic heterocycles. The fourth-order valence-corrected chi connectivity index (χ4v) is 2.92. The molecular formula is C16H17F3N4O2. The van der Waals surface area contributed by atoms with Crippen molar-refractivity contribution in [2.75, 3.05) is 13.2 Å². The number of halogens is 3. The molecule has 0 radical (unpaired) electrons. The van der Waals surface area contributed by atoms with Crippen molar-refractivity contribution in [1.82, 2.24) is 19.7 Å². The summed E-state index contributed by atoms with van der Waals surface area (Å²) in [6, 6.07) is 4.30. The number of rotatable bonds is 4. The van der Waals surface area contributed by atoms with Gasteiger partial charge in [-0.25, -0.2) is 0 Å². The van der Waals surface area contributed by atoms with Crippen LogP contribution in [0.25, 0.3) is 0 Å².